The molecule has 1 aliphatic carbocycles. The lowest BCUT2D eigenvalue weighted by Gasteiger charge is -1.97. The van der Waals surface area contributed by atoms with Crippen molar-refractivity contribution in [1.82, 2.24) is 4.98 Å². The summed E-state index contributed by atoms with van der Waals surface area (Å²) in [7, 11) is -2.87. The standard InChI is InChI=1S/C9H10BrNO2S/c10-8-6-3-14(12,13)4-7(6)11-9(8)5-1-2-5/h5,11H,1-4H2. The first-order valence-corrected chi connectivity index (χ1v) is 7.28. The molecule has 3 rings (SSSR count). The topological polar surface area (TPSA) is 49.9 Å². The lowest BCUT2D eigenvalue weighted by atomic mass is 10.2. The zero-order valence-corrected chi connectivity index (χ0v) is 9.91. The second-order valence-corrected chi connectivity index (χ2v) is 6.97. The highest BCUT2D eigenvalue weighted by atomic mass is 79.9. The summed E-state index contributed by atoms with van der Waals surface area (Å²) in [6.45, 7) is 0. The van der Waals surface area contributed by atoms with Crippen molar-refractivity contribution in [3.8, 4) is 0 Å². The zero-order valence-electron chi connectivity index (χ0n) is 7.51. The van der Waals surface area contributed by atoms with E-state index in [9.17, 15) is 8.42 Å². The van der Waals surface area contributed by atoms with Crippen molar-refractivity contribution in [3.05, 3.63) is 21.4 Å². The monoisotopic (exact) mass is 275 g/mol. The molecule has 0 saturated heterocycles. The minimum atomic E-state index is -2.87. The number of hydrogen-bond acceptors (Lipinski definition) is 2. The number of nitrogens with one attached hydrogen (secondary N) is 1. The van der Waals surface area contributed by atoms with E-state index in [2.05, 4.69) is 20.9 Å². The molecule has 14 heavy (non-hydrogen) atoms. The van der Waals surface area contributed by atoms with Gasteiger partial charge in [-0.2, -0.15) is 0 Å². The molecule has 1 fully saturated rings. The largest absolute Gasteiger partial charge is 0.360 e. The molecule has 2 heterocycles. The van der Waals surface area contributed by atoms with E-state index in [0.29, 0.717) is 5.92 Å². The van der Waals surface area contributed by atoms with E-state index in [1.165, 1.54) is 18.5 Å². The second-order valence-electron chi connectivity index (χ2n) is 4.12. The molecule has 0 bridgehead atoms. The number of hydrogen-bond donors (Lipinski definition) is 1. The summed E-state index contributed by atoms with van der Waals surface area (Å²) in [5.41, 5.74) is 3.08. The number of halogens is 1. The third kappa shape index (κ3) is 1.26. The molecule has 0 aromatic carbocycles. The molecule has 0 radical (unpaired) electrons. The third-order valence-electron chi connectivity index (χ3n) is 2.87. The van der Waals surface area contributed by atoms with E-state index in [0.717, 1.165) is 15.7 Å². The summed E-state index contributed by atoms with van der Waals surface area (Å²) in [5.74, 6) is 1.03. The average molecular weight is 276 g/mol. The molecule has 1 saturated carbocycles. The highest BCUT2D eigenvalue weighted by Crippen LogP contribution is 2.46. The van der Waals surface area contributed by atoms with Gasteiger partial charge in [-0.05, 0) is 28.8 Å². The van der Waals surface area contributed by atoms with Crippen LogP contribution in [-0.4, -0.2) is 13.4 Å². The molecular formula is C9H10BrNO2S. The Morgan fingerprint density at radius 1 is 1.29 bits per heavy atom. The van der Waals surface area contributed by atoms with Crippen molar-refractivity contribution in [2.45, 2.75) is 30.3 Å². The maximum atomic E-state index is 11.4. The average Bonchev–Trinajstić information content (AvgIpc) is 2.81. The van der Waals surface area contributed by atoms with E-state index in [-0.39, 0.29) is 11.5 Å². The molecule has 1 aromatic rings. The van der Waals surface area contributed by atoms with Crippen molar-refractivity contribution in [2.75, 3.05) is 0 Å². The number of sulfone groups is 1. The quantitative estimate of drug-likeness (QED) is 0.853. The first kappa shape index (κ1) is 8.97. The Kier molecular flexibility index (Phi) is 1.69. The molecule has 1 aromatic heterocycles. The summed E-state index contributed by atoms with van der Waals surface area (Å²) in [6, 6.07) is 0. The summed E-state index contributed by atoms with van der Waals surface area (Å²) < 4.78 is 23.7. The summed E-state index contributed by atoms with van der Waals surface area (Å²) in [5, 5.41) is 0. The van der Waals surface area contributed by atoms with Crippen molar-refractivity contribution < 1.29 is 8.42 Å². The van der Waals surface area contributed by atoms with Crippen LogP contribution in [0.4, 0.5) is 0 Å². The van der Waals surface area contributed by atoms with Crippen LogP contribution in [0.3, 0.4) is 0 Å². The minimum absolute atomic E-state index is 0.188. The normalized spacial score (nSPS) is 23.8. The molecule has 0 atom stereocenters. The zero-order chi connectivity index (χ0) is 9.92. The van der Waals surface area contributed by atoms with Gasteiger partial charge in [-0.25, -0.2) is 8.42 Å². The molecular weight excluding hydrogens is 266 g/mol. The van der Waals surface area contributed by atoms with Gasteiger partial charge >= 0.3 is 0 Å². The van der Waals surface area contributed by atoms with Crippen LogP contribution in [0.5, 0.6) is 0 Å². The van der Waals surface area contributed by atoms with Crippen molar-refractivity contribution >= 4 is 25.8 Å². The first-order valence-electron chi connectivity index (χ1n) is 4.66. The predicted molar refractivity (Wildman–Crippen MR) is 56.8 cm³/mol. The lowest BCUT2D eigenvalue weighted by Crippen LogP contribution is -1.98. The van der Waals surface area contributed by atoms with Gasteiger partial charge in [-0.15, -0.1) is 0 Å². The Morgan fingerprint density at radius 2 is 2.00 bits per heavy atom. The van der Waals surface area contributed by atoms with Gasteiger partial charge in [0.1, 0.15) is 0 Å². The van der Waals surface area contributed by atoms with E-state index in [1.807, 2.05) is 0 Å². The van der Waals surface area contributed by atoms with E-state index < -0.39 is 9.84 Å². The third-order valence-corrected chi connectivity index (χ3v) is 5.23. The fourth-order valence-corrected chi connectivity index (χ4v) is 4.54. The van der Waals surface area contributed by atoms with Gasteiger partial charge in [0.15, 0.2) is 9.84 Å². The highest BCUT2D eigenvalue weighted by Gasteiger charge is 2.35. The number of fused-ring (bicyclic) bond motifs is 1. The van der Waals surface area contributed by atoms with E-state index >= 15 is 0 Å². The Bertz CT molecular complexity index is 499. The molecule has 1 N–H and O–H groups in total. The van der Waals surface area contributed by atoms with E-state index in [1.54, 1.807) is 0 Å². The van der Waals surface area contributed by atoms with E-state index in [4.69, 9.17) is 0 Å². The lowest BCUT2D eigenvalue weighted by molar-refractivity contribution is 0.597. The van der Waals surface area contributed by atoms with Gasteiger partial charge in [0.25, 0.3) is 0 Å². The number of aromatic amines is 1. The van der Waals surface area contributed by atoms with Crippen molar-refractivity contribution in [2.24, 2.45) is 0 Å². The molecule has 76 valence electrons. The van der Waals surface area contributed by atoms with Gasteiger partial charge in [0.2, 0.25) is 0 Å². The number of H-pyrrole nitrogens is 1. The summed E-state index contributed by atoms with van der Waals surface area (Å²) in [4.78, 5) is 3.25. The predicted octanol–water partition coefficient (Wildman–Crippen LogP) is 2.08. The van der Waals surface area contributed by atoms with Gasteiger partial charge in [-0.1, -0.05) is 0 Å². The van der Waals surface area contributed by atoms with Crippen molar-refractivity contribution in [3.63, 3.8) is 0 Å². The van der Waals surface area contributed by atoms with Crippen LogP contribution in [0, 0.1) is 0 Å². The van der Waals surface area contributed by atoms with Crippen LogP contribution in [0.1, 0.15) is 35.7 Å². The molecule has 0 amide bonds. The SMILES string of the molecule is O=S1(=O)Cc2[nH]c(C3CC3)c(Br)c2C1. The first-order chi connectivity index (χ1) is 6.57. The molecule has 2 aliphatic rings. The Morgan fingerprint density at radius 3 is 2.57 bits per heavy atom. The summed E-state index contributed by atoms with van der Waals surface area (Å²) in [6.07, 6.45) is 2.45. The van der Waals surface area contributed by atoms with Gasteiger partial charge in [-0.3, -0.25) is 0 Å². The van der Waals surface area contributed by atoms with Gasteiger partial charge < -0.3 is 4.98 Å². The summed E-state index contributed by atoms with van der Waals surface area (Å²) >= 11 is 3.50. The van der Waals surface area contributed by atoms with Gasteiger partial charge in [0, 0.05) is 27.3 Å². The Labute approximate surface area is 90.9 Å². The van der Waals surface area contributed by atoms with Crippen molar-refractivity contribution in [1.29, 1.82) is 0 Å². The fraction of sp³-hybridized carbons (Fsp3) is 0.556. The van der Waals surface area contributed by atoms with Crippen LogP contribution in [0.25, 0.3) is 0 Å². The van der Waals surface area contributed by atoms with Gasteiger partial charge in [0.05, 0.1) is 11.5 Å². The number of aromatic nitrogens is 1. The highest BCUT2D eigenvalue weighted by molar-refractivity contribution is 9.10. The maximum absolute atomic E-state index is 11.4. The second kappa shape index (κ2) is 2.64. The smallest absolute Gasteiger partial charge is 0.160 e. The molecule has 1 aliphatic heterocycles. The molecule has 5 heteroatoms. The maximum Gasteiger partial charge on any atom is 0.160 e. The van der Waals surface area contributed by atoms with Crippen LogP contribution in [-0.2, 0) is 21.3 Å². The van der Waals surface area contributed by atoms with Crippen LogP contribution >= 0.6 is 15.9 Å². The van der Waals surface area contributed by atoms with Crippen LogP contribution in [0.15, 0.2) is 4.47 Å². The minimum Gasteiger partial charge on any atom is -0.360 e. The molecule has 3 nitrogen and oxygen atoms in total. The Hall–Kier alpha value is -0.290. The number of rotatable bonds is 1. The fourth-order valence-electron chi connectivity index (χ4n) is 2.01. The van der Waals surface area contributed by atoms with Crippen LogP contribution < -0.4 is 0 Å². The van der Waals surface area contributed by atoms with Crippen LogP contribution in [0.2, 0.25) is 0 Å². The molecule has 0 spiro atoms. The molecule has 0 unspecified atom stereocenters. The Balaban J connectivity index is 2.10.